The number of carbonyl (C=O) groups excluding carboxylic acids is 4. The molecule has 0 amide bonds. The molecule has 444 valence electrons. The number of esters is 4. The minimum Gasteiger partial charge on any atom is -0.462 e. The monoisotopic (exact) mass is 1110 g/mol. The summed E-state index contributed by atoms with van der Waals surface area (Å²) in [6, 6.07) is 0. The van der Waals surface area contributed by atoms with Crippen LogP contribution in [-0.4, -0.2) is 96.7 Å². The quantitative estimate of drug-likeness (QED) is 0.0222. The summed E-state index contributed by atoms with van der Waals surface area (Å²) in [6.45, 7) is 9.26. The van der Waals surface area contributed by atoms with E-state index in [-0.39, 0.29) is 25.7 Å². The van der Waals surface area contributed by atoms with Crippen LogP contribution in [0.1, 0.15) is 266 Å². The van der Waals surface area contributed by atoms with E-state index in [1.807, 2.05) is 0 Å². The molecule has 0 aromatic rings. The topological polar surface area (TPSA) is 237 Å². The van der Waals surface area contributed by atoms with Crippen LogP contribution >= 0.6 is 15.6 Å². The van der Waals surface area contributed by atoms with Gasteiger partial charge in [0.2, 0.25) is 0 Å². The first-order valence-electron chi connectivity index (χ1n) is 29.6. The van der Waals surface area contributed by atoms with Crippen molar-refractivity contribution < 1.29 is 80.2 Å². The summed E-state index contributed by atoms with van der Waals surface area (Å²) in [5, 5.41) is 10.5. The SMILES string of the molecule is CCCCCCCCCCC(=O)O[C@H](COC(=O)CCCCCCC)COP(=O)(O)OC[C@H](O)COP(=O)(O)OC[C@@H](COC(=O)CCCCCCCCC(C)CC)OC(=O)CCCCCCCCCCC(C)CC. The molecule has 0 heterocycles. The van der Waals surface area contributed by atoms with Crippen molar-refractivity contribution in [3.05, 3.63) is 0 Å². The smallest absolute Gasteiger partial charge is 0.462 e. The third kappa shape index (κ3) is 48.9. The number of carbonyl (C=O) groups is 4. The molecule has 3 N–H and O–H groups in total. The van der Waals surface area contributed by atoms with Crippen molar-refractivity contribution in [1.82, 2.24) is 0 Å². The number of aliphatic hydroxyl groups is 1. The number of unbranched alkanes of at least 4 members (excludes halogenated alkanes) is 23. The van der Waals surface area contributed by atoms with Gasteiger partial charge < -0.3 is 33.8 Å². The molecule has 0 saturated carbocycles. The number of hydrogen-bond donors (Lipinski definition) is 3. The summed E-state index contributed by atoms with van der Waals surface area (Å²) in [5.41, 5.74) is 0. The third-order valence-corrected chi connectivity index (χ3v) is 15.3. The van der Waals surface area contributed by atoms with Gasteiger partial charge in [0.15, 0.2) is 12.2 Å². The Balaban J connectivity index is 5.20. The van der Waals surface area contributed by atoms with Crippen molar-refractivity contribution in [2.75, 3.05) is 39.6 Å². The molecule has 0 bridgehead atoms. The largest absolute Gasteiger partial charge is 0.472 e. The molecule has 75 heavy (non-hydrogen) atoms. The number of ether oxygens (including phenoxy) is 4. The van der Waals surface area contributed by atoms with Gasteiger partial charge in [-0.3, -0.25) is 37.3 Å². The highest BCUT2D eigenvalue weighted by molar-refractivity contribution is 7.47. The fraction of sp³-hybridized carbons (Fsp3) is 0.929. The molecule has 17 nitrogen and oxygen atoms in total. The van der Waals surface area contributed by atoms with E-state index < -0.39 is 97.5 Å². The van der Waals surface area contributed by atoms with Gasteiger partial charge in [0.1, 0.15) is 19.3 Å². The molecule has 19 heteroatoms. The van der Waals surface area contributed by atoms with Crippen molar-refractivity contribution in [2.45, 2.75) is 285 Å². The standard InChI is InChI=1S/C56H108O17P2/c1-7-11-13-15-16-20-28-34-40-55(60)72-51(44-66-53(58)38-32-24-14-12-8-2)46-70-74(62,63)68-42-50(57)43-69-75(64,65)71-47-52(45-67-54(59)39-33-27-23-22-26-31-37-49(6)10-4)73-56(61)41-35-29-21-18-17-19-25-30-36-48(5)9-3/h48-52,57H,7-47H2,1-6H3,(H,62,63)(H,64,65)/t48?,49?,50-,51+,52+/m0/s1. The number of phosphoric acid groups is 2. The Bertz CT molecular complexity index is 1500. The highest BCUT2D eigenvalue weighted by Crippen LogP contribution is 2.45. The van der Waals surface area contributed by atoms with Gasteiger partial charge in [0, 0.05) is 25.7 Å². The summed E-state index contributed by atoms with van der Waals surface area (Å²) in [6.07, 6.45) is 28.4. The molecule has 0 radical (unpaired) electrons. The Hall–Kier alpha value is -1.94. The van der Waals surface area contributed by atoms with Gasteiger partial charge >= 0.3 is 39.5 Å². The van der Waals surface area contributed by atoms with Crippen LogP contribution in [0.25, 0.3) is 0 Å². The Kier molecular flexibility index (Phi) is 47.9. The molecule has 0 aliphatic rings. The van der Waals surface area contributed by atoms with Gasteiger partial charge in [-0.1, -0.05) is 215 Å². The van der Waals surface area contributed by atoms with Gasteiger partial charge in [0.05, 0.1) is 26.4 Å². The number of hydrogen-bond acceptors (Lipinski definition) is 15. The van der Waals surface area contributed by atoms with E-state index in [1.165, 1.54) is 64.2 Å². The van der Waals surface area contributed by atoms with Crippen LogP contribution in [0.5, 0.6) is 0 Å². The fourth-order valence-electron chi connectivity index (χ4n) is 8.05. The van der Waals surface area contributed by atoms with Gasteiger partial charge in [-0.05, 0) is 37.5 Å². The maximum atomic E-state index is 12.9. The van der Waals surface area contributed by atoms with Gasteiger partial charge in [-0.2, -0.15) is 0 Å². The first-order valence-corrected chi connectivity index (χ1v) is 32.6. The first-order chi connectivity index (χ1) is 35.9. The Labute approximate surface area is 454 Å². The molecule has 0 aliphatic heterocycles. The lowest BCUT2D eigenvalue weighted by atomic mass is 9.99. The summed E-state index contributed by atoms with van der Waals surface area (Å²) in [5.74, 6) is -0.661. The molecule has 0 aliphatic carbocycles. The second kappa shape index (κ2) is 49.1. The van der Waals surface area contributed by atoms with Crippen molar-refractivity contribution in [1.29, 1.82) is 0 Å². The van der Waals surface area contributed by atoms with Crippen molar-refractivity contribution in [3.63, 3.8) is 0 Å². The number of phosphoric ester groups is 2. The Morgan fingerprint density at radius 2 is 0.640 bits per heavy atom. The third-order valence-electron chi connectivity index (χ3n) is 13.4. The molecule has 0 aromatic heterocycles. The fourth-order valence-corrected chi connectivity index (χ4v) is 9.63. The van der Waals surface area contributed by atoms with E-state index in [4.69, 9.17) is 37.0 Å². The van der Waals surface area contributed by atoms with Crippen LogP contribution in [0.3, 0.4) is 0 Å². The van der Waals surface area contributed by atoms with Crippen LogP contribution in [-0.2, 0) is 65.4 Å². The van der Waals surface area contributed by atoms with Crippen LogP contribution in [0.15, 0.2) is 0 Å². The molecular weight excluding hydrogens is 1010 g/mol. The van der Waals surface area contributed by atoms with E-state index in [2.05, 4.69) is 41.5 Å². The van der Waals surface area contributed by atoms with E-state index in [9.17, 15) is 43.2 Å². The van der Waals surface area contributed by atoms with Crippen molar-refractivity contribution >= 4 is 39.5 Å². The van der Waals surface area contributed by atoms with E-state index in [1.54, 1.807) is 0 Å². The average molecular weight is 1120 g/mol. The van der Waals surface area contributed by atoms with Crippen molar-refractivity contribution in [2.24, 2.45) is 11.8 Å². The minimum absolute atomic E-state index is 0.103. The molecule has 0 fully saturated rings. The zero-order valence-electron chi connectivity index (χ0n) is 47.8. The van der Waals surface area contributed by atoms with Crippen LogP contribution in [0.4, 0.5) is 0 Å². The second-order valence-corrected chi connectivity index (χ2v) is 23.7. The van der Waals surface area contributed by atoms with Crippen molar-refractivity contribution in [3.8, 4) is 0 Å². The normalized spacial score (nSPS) is 15.3. The van der Waals surface area contributed by atoms with Crippen LogP contribution in [0, 0.1) is 11.8 Å². The Morgan fingerprint density at radius 3 is 0.947 bits per heavy atom. The zero-order chi connectivity index (χ0) is 55.8. The molecule has 4 unspecified atom stereocenters. The lowest BCUT2D eigenvalue weighted by Gasteiger charge is -2.21. The highest BCUT2D eigenvalue weighted by Gasteiger charge is 2.30. The highest BCUT2D eigenvalue weighted by atomic mass is 31.2. The molecule has 0 spiro atoms. The van der Waals surface area contributed by atoms with E-state index >= 15 is 0 Å². The molecular formula is C56H108O17P2. The maximum absolute atomic E-state index is 12.9. The maximum Gasteiger partial charge on any atom is 0.472 e. The van der Waals surface area contributed by atoms with Crippen LogP contribution < -0.4 is 0 Å². The van der Waals surface area contributed by atoms with Gasteiger partial charge in [-0.15, -0.1) is 0 Å². The van der Waals surface area contributed by atoms with E-state index in [0.29, 0.717) is 25.7 Å². The lowest BCUT2D eigenvalue weighted by Crippen LogP contribution is -2.30. The summed E-state index contributed by atoms with van der Waals surface area (Å²) in [7, 11) is -9.86. The average Bonchev–Trinajstić information content (AvgIpc) is 3.38. The van der Waals surface area contributed by atoms with E-state index in [0.717, 1.165) is 121 Å². The Morgan fingerprint density at radius 1 is 0.373 bits per heavy atom. The minimum atomic E-state index is -4.93. The predicted octanol–water partition coefficient (Wildman–Crippen LogP) is 14.5. The second-order valence-electron chi connectivity index (χ2n) is 20.8. The van der Waals surface area contributed by atoms with Crippen LogP contribution in [0.2, 0.25) is 0 Å². The van der Waals surface area contributed by atoms with Gasteiger partial charge in [-0.25, -0.2) is 9.13 Å². The first kappa shape index (κ1) is 73.1. The predicted molar refractivity (Wildman–Crippen MR) is 294 cm³/mol. The molecule has 0 saturated heterocycles. The lowest BCUT2D eigenvalue weighted by molar-refractivity contribution is -0.161. The summed E-state index contributed by atoms with van der Waals surface area (Å²) >= 11 is 0. The number of rotatable bonds is 55. The zero-order valence-corrected chi connectivity index (χ0v) is 49.6. The van der Waals surface area contributed by atoms with Gasteiger partial charge in [0.25, 0.3) is 0 Å². The summed E-state index contributed by atoms with van der Waals surface area (Å²) < 4.78 is 67.4. The molecule has 0 rings (SSSR count). The number of aliphatic hydroxyl groups excluding tert-OH is 1. The molecule has 0 aromatic carbocycles. The summed E-state index contributed by atoms with van der Waals surface area (Å²) in [4.78, 5) is 71.5. The molecule has 7 atom stereocenters.